The lowest BCUT2D eigenvalue weighted by atomic mass is 9.73. The molecule has 7 heteroatoms. The predicted molar refractivity (Wildman–Crippen MR) is 104 cm³/mol. The van der Waals surface area contributed by atoms with Crippen LogP contribution in [0, 0.1) is 11.8 Å². The first kappa shape index (κ1) is 20.0. The zero-order valence-electron chi connectivity index (χ0n) is 14.5. The van der Waals surface area contributed by atoms with Crippen LogP contribution in [0.4, 0.5) is 0 Å². The van der Waals surface area contributed by atoms with E-state index in [4.69, 9.17) is 14.6 Å². The number of amides is 1. The van der Waals surface area contributed by atoms with Gasteiger partial charge in [-0.05, 0) is 31.0 Å². The molecule has 0 bridgehead atoms. The molecule has 138 valence electrons. The van der Waals surface area contributed by atoms with Gasteiger partial charge in [-0.2, -0.15) is 5.10 Å². The summed E-state index contributed by atoms with van der Waals surface area (Å²) < 4.78 is 10.8. The van der Waals surface area contributed by atoms with Crippen molar-refractivity contribution in [2.75, 3.05) is 26.1 Å². The van der Waals surface area contributed by atoms with Crippen molar-refractivity contribution in [3.8, 4) is 11.5 Å². The Labute approximate surface area is 163 Å². The van der Waals surface area contributed by atoms with Gasteiger partial charge in [-0.3, -0.25) is 4.79 Å². The number of methoxy groups -OCH3 is 2. The van der Waals surface area contributed by atoms with Crippen LogP contribution >= 0.6 is 28.3 Å². The van der Waals surface area contributed by atoms with Gasteiger partial charge in [0.1, 0.15) is 0 Å². The van der Waals surface area contributed by atoms with E-state index in [1.807, 2.05) is 18.2 Å². The highest BCUT2D eigenvalue weighted by Gasteiger charge is 2.41. The monoisotopic (exact) mass is 430 g/mol. The molecule has 25 heavy (non-hydrogen) atoms. The van der Waals surface area contributed by atoms with E-state index in [0.29, 0.717) is 18.0 Å². The molecule has 2 aliphatic rings. The Morgan fingerprint density at radius 2 is 1.84 bits per heavy atom. The van der Waals surface area contributed by atoms with E-state index < -0.39 is 0 Å². The van der Waals surface area contributed by atoms with Crippen molar-refractivity contribution >= 4 is 40.0 Å². The van der Waals surface area contributed by atoms with Gasteiger partial charge >= 0.3 is 0 Å². The topological polar surface area (TPSA) is 51.1 Å². The molecule has 2 unspecified atom stereocenters. The third-order valence-corrected chi connectivity index (χ3v) is 5.25. The Balaban J connectivity index is 0.00000225. The number of carbonyl (C=O) groups is 1. The number of benzene rings is 1. The summed E-state index contributed by atoms with van der Waals surface area (Å²) in [6.45, 7) is 0.596. The highest BCUT2D eigenvalue weighted by Crippen LogP contribution is 2.38. The number of carbonyl (C=O) groups excluding carboxylic acids is 1. The Morgan fingerprint density at radius 3 is 2.48 bits per heavy atom. The number of ether oxygens (including phenoxy) is 2. The number of hydrazone groups is 1. The largest absolute Gasteiger partial charge is 0.493 e. The molecule has 1 aliphatic carbocycles. The summed E-state index contributed by atoms with van der Waals surface area (Å²) in [5.74, 6) is 1.82. The Bertz CT molecular complexity index is 653. The van der Waals surface area contributed by atoms with Crippen molar-refractivity contribution in [1.82, 2.24) is 5.01 Å². The fourth-order valence-electron chi connectivity index (χ4n) is 3.71. The normalized spacial score (nSPS) is 22.6. The lowest BCUT2D eigenvalue weighted by Crippen LogP contribution is -2.46. The molecule has 1 aromatic carbocycles. The number of hydrogen-bond acceptors (Lipinski definition) is 4. The lowest BCUT2D eigenvalue weighted by molar-refractivity contribution is -0.138. The van der Waals surface area contributed by atoms with Crippen molar-refractivity contribution < 1.29 is 14.3 Å². The standard InChI is InChI=1S/C18H23BrN2O3.ClH/c1-23-15-8-7-12(11-16(15)24-2)17-13-5-3-4-6-14(13)18(22)21(20-17)10-9-19;/h7-8,11,13-14H,3-6,9-10H2,1-2H3;1H. The summed E-state index contributed by atoms with van der Waals surface area (Å²) in [5.41, 5.74) is 2.01. The van der Waals surface area contributed by atoms with E-state index in [-0.39, 0.29) is 30.2 Å². The average Bonchev–Trinajstić information content (AvgIpc) is 2.63. The second kappa shape index (κ2) is 8.90. The van der Waals surface area contributed by atoms with Gasteiger partial charge in [0.15, 0.2) is 11.5 Å². The zero-order chi connectivity index (χ0) is 17.1. The fourth-order valence-corrected chi connectivity index (χ4v) is 4.04. The maximum atomic E-state index is 12.7. The van der Waals surface area contributed by atoms with Crippen molar-refractivity contribution in [3.05, 3.63) is 23.8 Å². The first-order valence-electron chi connectivity index (χ1n) is 8.37. The number of rotatable bonds is 5. The second-order valence-electron chi connectivity index (χ2n) is 6.20. The molecule has 1 amide bonds. The number of alkyl halides is 1. The molecule has 5 nitrogen and oxygen atoms in total. The SMILES string of the molecule is COc1ccc(C2=NN(CCBr)C(=O)C3CCCCC23)cc1OC.Cl. The van der Waals surface area contributed by atoms with Gasteiger partial charge in [0.2, 0.25) is 5.91 Å². The van der Waals surface area contributed by atoms with E-state index in [1.165, 1.54) is 0 Å². The fraction of sp³-hybridized carbons (Fsp3) is 0.556. The van der Waals surface area contributed by atoms with Crippen LogP contribution in [0.25, 0.3) is 0 Å². The van der Waals surface area contributed by atoms with Gasteiger partial charge in [-0.15, -0.1) is 12.4 Å². The third-order valence-electron chi connectivity index (χ3n) is 4.89. The highest BCUT2D eigenvalue weighted by molar-refractivity contribution is 9.09. The predicted octanol–water partition coefficient (Wildman–Crippen LogP) is 3.87. The van der Waals surface area contributed by atoms with Gasteiger partial charge in [0.25, 0.3) is 0 Å². The van der Waals surface area contributed by atoms with Crippen molar-refractivity contribution in [1.29, 1.82) is 0 Å². The molecule has 0 spiro atoms. The molecule has 2 atom stereocenters. The first-order chi connectivity index (χ1) is 11.7. The zero-order valence-corrected chi connectivity index (χ0v) is 16.9. The van der Waals surface area contributed by atoms with E-state index in [1.54, 1.807) is 19.2 Å². The number of hydrogen-bond donors (Lipinski definition) is 0. The van der Waals surface area contributed by atoms with Crippen LogP contribution in [0.15, 0.2) is 23.3 Å². The van der Waals surface area contributed by atoms with E-state index in [2.05, 4.69) is 15.9 Å². The van der Waals surface area contributed by atoms with Crippen molar-refractivity contribution in [2.45, 2.75) is 25.7 Å². The molecular weight excluding hydrogens is 408 g/mol. The van der Waals surface area contributed by atoms with Gasteiger partial charge in [-0.1, -0.05) is 28.8 Å². The minimum absolute atomic E-state index is 0. The third kappa shape index (κ3) is 3.95. The van der Waals surface area contributed by atoms with Crippen LogP contribution < -0.4 is 9.47 Å². The van der Waals surface area contributed by atoms with Crippen LogP contribution in [0.5, 0.6) is 11.5 Å². The van der Waals surface area contributed by atoms with Crippen molar-refractivity contribution in [2.24, 2.45) is 16.9 Å². The van der Waals surface area contributed by atoms with Crippen LogP contribution in [0.3, 0.4) is 0 Å². The molecule has 0 saturated heterocycles. The minimum atomic E-state index is 0. The summed E-state index contributed by atoms with van der Waals surface area (Å²) in [6, 6.07) is 5.87. The highest BCUT2D eigenvalue weighted by atomic mass is 79.9. The van der Waals surface area contributed by atoms with E-state index in [0.717, 1.165) is 42.3 Å². The quantitative estimate of drug-likeness (QED) is 0.665. The number of nitrogens with zero attached hydrogens (tertiary/aromatic N) is 2. The van der Waals surface area contributed by atoms with Crippen LogP contribution in [0.2, 0.25) is 0 Å². The summed E-state index contributed by atoms with van der Waals surface area (Å²) in [7, 11) is 3.26. The van der Waals surface area contributed by atoms with Gasteiger partial charge in [0, 0.05) is 22.7 Å². The molecular formula is C18H24BrClN2O3. The van der Waals surface area contributed by atoms with E-state index >= 15 is 0 Å². The van der Waals surface area contributed by atoms with Crippen LogP contribution in [0.1, 0.15) is 31.2 Å². The Hall–Kier alpha value is -1.27. The second-order valence-corrected chi connectivity index (χ2v) is 7.00. The number of fused-ring (bicyclic) bond motifs is 1. The maximum Gasteiger partial charge on any atom is 0.246 e. The molecule has 1 fully saturated rings. The maximum absolute atomic E-state index is 12.7. The molecule has 1 saturated carbocycles. The summed E-state index contributed by atoms with van der Waals surface area (Å²) >= 11 is 3.42. The first-order valence-corrected chi connectivity index (χ1v) is 9.50. The molecule has 1 aromatic rings. The average molecular weight is 432 g/mol. The Kier molecular flexibility index (Phi) is 7.14. The van der Waals surface area contributed by atoms with Crippen LogP contribution in [-0.2, 0) is 4.79 Å². The molecule has 1 aliphatic heterocycles. The summed E-state index contributed by atoms with van der Waals surface area (Å²) in [5, 5.41) is 7.07. The van der Waals surface area contributed by atoms with Crippen LogP contribution in [-0.4, -0.2) is 42.7 Å². The van der Waals surface area contributed by atoms with Crippen molar-refractivity contribution in [3.63, 3.8) is 0 Å². The molecule has 1 heterocycles. The van der Waals surface area contributed by atoms with Gasteiger partial charge in [0.05, 0.1) is 26.5 Å². The van der Waals surface area contributed by atoms with E-state index in [9.17, 15) is 4.79 Å². The summed E-state index contributed by atoms with van der Waals surface area (Å²) in [6.07, 6.45) is 4.24. The molecule has 0 N–H and O–H groups in total. The van der Waals surface area contributed by atoms with Gasteiger partial charge in [-0.25, -0.2) is 5.01 Å². The molecule has 0 radical (unpaired) electrons. The number of halogens is 2. The molecule has 3 rings (SSSR count). The summed E-state index contributed by atoms with van der Waals surface area (Å²) in [4.78, 5) is 12.7. The lowest BCUT2D eigenvalue weighted by Gasteiger charge is -2.38. The molecule has 0 aromatic heterocycles. The minimum Gasteiger partial charge on any atom is -0.493 e. The smallest absolute Gasteiger partial charge is 0.246 e. The Morgan fingerprint density at radius 1 is 1.16 bits per heavy atom. The van der Waals surface area contributed by atoms with Gasteiger partial charge < -0.3 is 9.47 Å².